The number of amides is 1. The smallest absolute Gasteiger partial charge is 0.255 e. The van der Waals surface area contributed by atoms with E-state index in [4.69, 9.17) is 34.8 Å². The number of alkyl halides is 1. The zero-order valence-corrected chi connectivity index (χ0v) is 11.4. The van der Waals surface area contributed by atoms with Crippen molar-refractivity contribution >= 4 is 40.7 Å². The zero-order chi connectivity index (χ0) is 12.4. The first-order chi connectivity index (χ1) is 8.15. The second-order valence-corrected chi connectivity index (χ2v) is 5.14. The van der Waals surface area contributed by atoms with Gasteiger partial charge in [-0.25, -0.2) is 0 Å². The van der Waals surface area contributed by atoms with Gasteiger partial charge < -0.3 is 4.90 Å². The number of carbonyl (C=O) groups excluding carboxylic acids is 1. The predicted molar refractivity (Wildman–Crippen MR) is 71.2 cm³/mol. The topological polar surface area (TPSA) is 20.3 Å². The molecule has 0 spiro atoms. The Labute approximate surface area is 115 Å². The van der Waals surface area contributed by atoms with Crippen molar-refractivity contribution in [3.05, 3.63) is 33.8 Å². The quantitative estimate of drug-likeness (QED) is 0.759. The molecule has 1 aliphatic heterocycles. The van der Waals surface area contributed by atoms with E-state index in [1.165, 1.54) is 0 Å². The summed E-state index contributed by atoms with van der Waals surface area (Å²) in [6.07, 6.45) is 1.94. The highest BCUT2D eigenvalue weighted by Gasteiger charge is 2.29. The maximum Gasteiger partial charge on any atom is 0.255 e. The van der Waals surface area contributed by atoms with Gasteiger partial charge in [0, 0.05) is 18.5 Å². The fraction of sp³-hybridized carbons (Fsp3) is 0.417. The Morgan fingerprint density at radius 3 is 2.88 bits per heavy atom. The van der Waals surface area contributed by atoms with Crippen LogP contribution in [-0.4, -0.2) is 29.3 Å². The van der Waals surface area contributed by atoms with E-state index >= 15 is 0 Å². The second-order valence-electron chi connectivity index (χ2n) is 4.05. The number of nitrogens with zero attached hydrogens (tertiary/aromatic N) is 1. The van der Waals surface area contributed by atoms with Crippen molar-refractivity contribution in [1.82, 2.24) is 4.90 Å². The van der Waals surface area contributed by atoms with Crippen molar-refractivity contribution in [2.45, 2.75) is 18.9 Å². The highest BCUT2D eigenvalue weighted by atomic mass is 35.5. The number of rotatable bonds is 2. The Balaban J connectivity index is 2.28. The minimum Gasteiger partial charge on any atom is -0.334 e. The molecule has 0 aliphatic carbocycles. The lowest BCUT2D eigenvalue weighted by molar-refractivity contribution is 0.0749. The SMILES string of the molecule is O=C(c1cccc(Cl)c1Cl)N1CCCC1CCl. The molecule has 0 bridgehead atoms. The van der Waals surface area contributed by atoms with Crippen molar-refractivity contribution in [1.29, 1.82) is 0 Å². The summed E-state index contributed by atoms with van der Waals surface area (Å²) in [4.78, 5) is 14.1. The normalized spacial score (nSPS) is 19.7. The Morgan fingerprint density at radius 2 is 2.18 bits per heavy atom. The number of hydrogen-bond donors (Lipinski definition) is 0. The van der Waals surface area contributed by atoms with Gasteiger partial charge in [-0.3, -0.25) is 4.79 Å². The molecule has 1 saturated heterocycles. The van der Waals surface area contributed by atoms with Crippen LogP contribution in [-0.2, 0) is 0 Å². The first-order valence-corrected chi connectivity index (χ1v) is 6.75. The molecule has 17 heavy (non-hydrogen) atoms. The molecule has 1 fully saturated rings. The summed E-state index contributed by atoms with van der Waals surface area (Å²) in [5.74, 6) is 0.379. The molecule has 92 valence electrons. The van der Waals surface area contributed by atoms with Gasteiger partial charge in [0.1, 0.15) is 0 Å². The highest BCUT2D eigenvalue weighted by molar-refractivity contribution is 6.43. The number of likely N-dealkylation sites (tertiary alicyclic amines) is 1. The van der Waals surface area contributed by atoms with E-state index < -0.39 is 0 Å². The Hall–Kier alpha value is -0.440. The number of carbonyl (C=O) groups is 1. The van der Waals surface area contributed by atoms with Crippen LogP contribution in [0.4, 0.5) is 0 Å². The molecular weight excluding hydrogens is 280 g/mol. The third-order valence-corrected chi connectivity index (χ3v) is 4.17. The fourth-order valence-electron chi connectivity index (χ4n) is 2.09. The molecule has 1 aromatic rings. The van der Waals surface area contributed by atoms with Gasteiger partial charge in [0.05, 0.1) is 15.6 Å². The molecule has 2 rings (SSSR count). The van der Waals surface area contributed by atoms with Crippen LogP contribution < -0.4 is 0 Å². The van der Waals surface area contributed by atoms with Gasteiger partial charge in [0.25, 0.3) is 5.91 Å². The lowest BCUT2D eigenvalue weighted by Crippen LogP contribution is -2.36. The molecule has 1 amide bonds. The van der Waals surface area contributed by atoms with E-state index in [1.54, 1.807) is 23.1 Å². The maximum absolute atomic E-state index is 12.3. The number of benzene rings is 1. The van der Waals surface area contributed by atoms with Gasteiger partial charge in [-0.05, 0) is 25.0 Å². The summed E-state index contributed by atoms with van der Waals surface area (Å²) < 4.78 is 0. The van der Waals surface area contributed by atoms with Crippen molar-refractivity contribution in [3.63, 3.8) is 0 Å². The monoisotopic (exact) mass is 291 g/mol. The van der Waals surface area contributed by atoms with Gasteiger partial charge in [-0.15, -0.1) is 11.6 Å². The van der Waals surface area contributed by atoms with E-state index in [9.17, 15) is 4.79 Å². The van der Waals surface area contributed by atoms with Crippen molar-refractivity contribution in [2.75, 3.05) is 12.4 Å². The first kappa shape index (κ1) is 13.0. The minimum absolute atomic E-state index is 0.0827. The van der Waals surface area contributed by atoms with E-state index in [1.807, 2.05) is 0 Å². The van der Waals surface area contributed by atoms with Crippen molar-refractivity contribution in [2.24, 2.45) is 0 Å². The van der Waals surface area contributed by atoms with Crippen LogP contribution in [0, 0.1) is 0 Å². The summed E-state index contributed by atoms with van der Waals surface area (Å²) >= 11 is 17.8. The largest absolute Gasteiger partial charge is 0.334 e. The molecule has 0 N–H and O–H groups in total. The molecule has 1 aliphatic rings. The van der Waals surface area contributed by atoms with Crippen LogP contribution in [0.3, 0.4) is 0 Å². The third-order valence-electron chi connectivity index (χ3n) is 3.00. The Morgan fingerprint density at radius 1 is 1.41 bits per heavy atom. The summed E-state index contributed by atoms with van der Waals surface area (Å²) in [6.45, 7) is 0.735. The first-order valence-electron chi connectivity index (χ1n) is 5.46. The van der Waals surface area contributed by atoms with E-state index in [0.29, 0.717) is 21.5 Å². The van der Waals surface area contributed by atoms with Crippen molar-refractivity contribution < 1.29 is 4.79 Å². The summed E-state index contributed by atoms with van der Waals surface area (Å²) in [6, 6.07) is 5.20. The van der Waals surface area contributed by atoms with Gasteiger partial charge in [-0.2, -0.15) is 0 Å². The van der Waals surface area contributed by atoms with Crippen LogP contribution in [0.15, 0.2) is 18.2 Å². The third kappa shape index (κ3) is 2.54. The molecule has 0 saturated carbocycles. The molecule has 2 nitrogen and oxygen atoms in total. The van der Waals surface area contributed by atoms with Gasteiger partial charge in [0.15, 0.2) is 0 Å². The van der Waals surface area contributed by atoms with Crippen LogP contribution in [0.5, 0.6) is 0 Å². The molecule has 5 heteroatoms. The predicted octanol–water partition coefficient (Wildman–Crippen LogP) is 3.84. The molecule has 1 unspecified atom stereocenters. The fourth-order valence-corrected chi connectivity index (χ4v) is 2.79. The average molecular weight is 293 g/mol. The second kappa shape index (κ2) is 5.47. The van der Waals surface area contributed by atoms with E-state index in [-0.39, 0.29) is 11.9 Å². The zero-order valence-electron chi connectivity index (χ0n) is 9.13. The number of halogens is 3. The number of hydrogen-bond acceptors (Lipinski definition) is 1. The maximum atomic E-state index is 12.3. The standard InChI is InChI=1S/C12H12Cl3NO/c13-7-8-3-2-6-16(8)12(17)9-4-1-5-10(14)11(9)15/h1,4-5,8H,2-3,6-7H2. The molecule has 0 radical (unpaired) electrons. The highest BCUT2D eigenvalue weighted by Crippen LogP contribution is 2.29. The Kier molecular flexibility index (Phi) is 4.18. The lowest BCUT2D eigenvalue weighted by Gasteiger charge is -2.23. The molecule has 0 aromatic heterocycles. The molecule has 1 atom stereocenters. The van der Waals surface area contributed by atoms with Gasteiger partial charge in [0.2, 0.25) is 0 Å². The summed E-state index contributed by atoms with van der Waals surface area (Å²) in [7, 11) is 0. The average Bonchev–Trinajstić information content (AvgIpc) is 2.80. The van der Waals surface area contributed by atoms with E-state index in [0.717, 1.165) is 19.4 Å². The van der Waals surface area contributed by atoms with Crippen LogP contribution in [0.25, 0.3) is 0 Å². The molecule has 1 heterocycles. The summed E-state index contributed by atoms with van der Waals surface area (Å²) in [5, 5.41) is 0.721. The molecule has 1 aromatic carbocycles. The summed E-state index contributed by atoms with van der Waals surface area (Å²) in [5.41, 5.74) is 0.455. The Bertz CT molecular complexity index is 436. The molecular formula is C12H12Cl3NO. The van der Waals surface area contributed by atoms with Crippen LogP contribution >= 0.6 is 34.8 Å². The van der Waals surface area contributed by atoms with E-state index in [2.05, 4.69) is 0 Å². The van der Waals surface area contributed by atoms with Crippen LogP contribution in [0.1, 0.15) is 23.2 Å². The van der Waals surface area contributed by atoms with Crippen molar-refractivity contribution in [3.8, 4) is 0 Å². The lowest BCUT2D eigenvalue weighted by atomic mass is 10.2. The van der Waals surface area contributed by atoms with Gasteiger partial charge >= 0.3 is 0 Å². The van der Waals surface area contributed by atoms with Gasteiger partial charge in [-0.1, -0.05) is 29.3 Å². The van der Waals surface area contributed by atoms with Crippen LogP contribution in [0.2, 0.25) is 10.0 Å². The minimum atomic E-state index is -0.0827.